The van der Waals surface area contributed by atoms with Crippen LogP contribution in [0.3, 0.4) is 0 Å². The number of nitrogens with zero attached hydrogens (tertiary/aromatic N) is 3. The highest BCUT2D eigenvalue weighted by atomic mass is 16.1. The number of imidazole rings is 1. The summed E-state index contributed by atoms with van der Waals surface area (Å²) >= 11 is 0. The first kappa shape index (κ1) is 18.6. The van der Waals surface area contributed by atoms with Crippen LogP contribution in [0, 0.1) is 18.3 Å². The first-order valence-electron chi connectivity index (χ1n) is 9.60. The molecule has 0 amide bonds. The number of aromatic amines is 2. The predicted octanol–water partition coefficient (Wildman–Crippen LogP) is 3.86. The molecule has 6 nitrogen and oxygen atoms in total. The number of benzene rings is 1. The van der Waals surface area contributed by atoms with Gasteiger partial charge in [0.05, 0.1) is 35.5 Å². The van der Waals surface area contributed by atoms with E-state index in [0.29, 0.717) is 6.42 Å². The van der Waals surface area contributed by atoms with E-state index in [1.54, 1.807) is 24.8 Å². The number of H-pyrrole nitrogens is 2. The zero-order valence-corrected chi connectivity index (χ0v) is 16.2. The summed E-state index contributed by atoms with van der Waals surface area (Å²) in [4.78, 5) is 26.3. The van der Waals surface area contributed by atoms with Crippen molar-refractivity contribution in [2.24, 2.45) is 0 Å². The predicted molar refractivity (Wildman–Crippen MR) is 112 cm³/mol. The molecule has 3 aromatic heterocycles. The summed E-state index contributed by atoms with van der Waals surface area (Å²) in [6, 6.07) is 12.2. The normalized spacial score (nSPS) is 10.9. The third-order valence-corrected chi connectivity index (χ3v) is 5.15. The third-order valence-electron chi connectivity index (χ3n) is 5.15. The first-order chi connectivity index (χ1) is 14.1. The lowest BCUT2D eigenvalue weighted by atomic mass is 9.95. The molecule has 4 aromatic rings. The number of pyridine rings is 2. The highest BCUT2D eigenvalue weighted by Crippen LogP contribution is 2.28. The van der Waals surface area contributed by atoms with Gasteiger partial charge in [0.15, 0.2) is 0 Å². The van der Waals surface area contributed by atoms with Gasteiger partial charge in [-0.3, -0.25) is 4.79 Å². The van der Waals surface area contributed by atoms with Crippen LogP contribution in [0.5, 0.6) is 0 Å². The maximum absolute atomic E-state index is 11.6. The number of nitrogens with one attached hydrogen (secondary N) is 2. The molecule has 1 aromatic carbocycles. The van der Waals surface area contributed by atoms with Crippen molar-refractivity contribution in [1.29, 1.82) is 5.26 Å². The molecule has 0 aliphatic carbocycles. The Morgan fingerprint density at radius 1 is 1.07 bits per heavy atom. The lowest BCUT2D eigenvalue weighted by Crippen LogP contribution is -2.05. The van der Waals surface area contributed by atoms with Gasteiger partial charge in [-0.25, -0.2) is 9.97 Å². The summed E-state index contributed by atoms with van der Waals surface area (Å²) in [6.07, 6.45) is 7.86. The van der Waals surface area contributed by atoms with Gasteiger partial charge >= 0.3 is 0 Å². The maximum Gasteiger partial charge on any atom is 0.248 e. The molecule has 0 unspecified atom stereocenters. The molecule has 0 spiro atoms. The van der Waals surface area contributed by atoms with Gasteiger partial charge < -0.3 is 9.97 Å². The minimum absolute atomic E-state index is 0.0883. The fourth-order valence-electron chi connectivity index (χ4n) is 3.62. The van der Waals surface area contributed by atoms with Crippen molar-refractivity contribution in [2.75, 3.05) is 0 Å². The lowest BCUT2D eigenvalue weighted by molar-refractivity contribution is 0.954. The van der Waals surface area contributed by atoms with Crippen molar-refractivity contribution in [3.05, 3.63) is 81.7 Å². The topological polar surface area (TPSA) is 98.2 Å². The van der Waals surface area contributed by atoms with E-state index in [9.17, 15) is 4.79 Å². The van der Waals surface area contributed by atoms with E-state index in [-0.39, 0.29) is 5.56 Å². The number of hydrogen-bond acceptors (Lipinski definition) is 4. The van der Waals surface area contributed by atoms with Gasteiger partial charge in [-0.05, 0) is 72.7 Å². The zero-order chi connectivity index (χ0) is 20.2. The monoisotopic (exact) mass is 383 g/mol. The minimum Gasteiger partial charge on any atom is -0.343 e. The van der Waals surface area contributed by atoms with E-state index in [4.69, 9.17) is 10.2 Å². The highest BCUT2D eigenvalue weighted by Gasteiger charge is 2.12. The summed E-state index contributed by atoms with van der Waals surface area (Å²) in [6.45, 7) is 2.06. The van der Waals surface area contributed by atoms with Gasteiger partial charge in [-0.1, -0.05) is 0 Å². The van der Waals surface area contributed by atoms with Crippen LogP contribution in [0.1, 0.15) is 28.7 Å². The Bertz CT molecular complexity index is 1250. The van der Waals surface area contributed by atoms with Gasteiger partial charge in [0.2, 0.25) is 5.56 Å². The highest BCUT2D eigenvalue weighted by molar-refractivity contribution is 5.86. The van der Waals surface area contributed by atoms with Gasteiger partial charge in [-0.15, -0.1) is 0 Å². The molecule has 0 atom stereocenters. The van der Waals surface area contributed by atoms with Crippen LogP contribution in [0.25, 0.3) is 22.3 Å². The number of aromatic nitrogens is 4. The van der Waals surface area contributed by atoms with Crippen LogP contribution >= 0.6 is 0 Å². The van der Waals surface area contributed by atoms with Crippen molar-refractivity contribution in [3.63, 3.8) is 0 Å². The van der Waals surface area contributed by atoms with Crippen LogP contribution in [-0.4, -0.2) is 19.9 Å². The van der Waals surface area contributed by atoms with Gasteiger partial charge in [0.1, 0.15) is 0 Å². The maximum atomic E-state index is 11.6. The van der Waals surface area contributed by atoms with E-state index < -0.39 is 0 Å². The summed E-state index contributed by atoms with van der Waals surface area (Å²) in [5, 5.41) is 10.1. The van der Waals surface area contributed by atoms with Crippen LogP contribution in [0.2, 0.25) is 0 Å². The molecule has 0 aliphatic heterocycles. The molecule has 2 N–H and O–H groups in total. The molecule has 4 rings (SSSR count). The Balaban J connectivity index is 1.79. The van der Waals surface area contributed by atoms with Crippen molar-refractivity contribution >= 4 is 10.9 Å². The largest absolute Gasteiger partial charge is 0.343 e. The molecule has 0 saturated carbocycles. The van der Waals surface area contributed by atoms with E-state index in [0.717, 1.165) is 58.2 Å². The Labute approximate surface area is 168 Å². The number of nitriles is 1. The van der Waals surface area contributed by atoms with Gasteiger partial charge in [0.25, 0.3) is 0 Å². The molecule has 0 fully saturated rings. The van der Waals surface area contributed by atoms with Crippen molar-refractivity contribution in [2.45, 2.75) is 32.6 Å². The smallest absolute Gasteiger partial charge is 0.248 e. The minimum atomic E-state index is -0.0883. The third kappa shape index (κ3) is 4.09. The molecule has 6 heteroatoms. The quantitative estimate of drug-likeness (QED) is 0.528. The molecular weight excluding hydrogens is 362 g/mol. The summed E-state index contributed by atoms with van der Waals surface area (Å²) in [5.74, 6) is 0. The standard InChI is InChI=1S/C23H21N5O/c1-15-9-20-19(11-17(15)3-2-7-24)18(5-4-16-6-8-26-23(29)10-16)12-21(28-20)22-13-25-14-27-22/h6,8-14H,2-5H2,1H3,(H,25,27)(H,26,29). The molecule has 0 aliphatic rings. The molecule has 0 radical (unpaired) electrons. The second kappa shape index (κ2) is 8.11. The van der Waals surface area contributed by atoms with Crippen LogP contribution in [-0.2, 0) is 19.3 Å². The number of fused-ring (bicyclic) bond motifs is 1. The van der Waals surface area contributed by atoms with Crippen molar-refractivity contribution < 1.29 is 0 Å². The number of hydrogen-bond donors (Lipinski definition) is 2. The Morgan fingerprint density at radius 3 is 2.72 bits per heavy atom. The van der Waals surface area contributed by atoms with Crippen LogP contribution < -0.4 is 5.56 Å². The molecule has 3 heterocycles. The van der Waals surface area contributed by atoms with E-state index in [1.165, 1.54) is 5.56 Å². The fraction of sp³-hybridized carbons (Fsp3) is 0.217. The SMILES string of the molecule is Cc1cc2nc(-c3cnc[nH]3)cc(CCc3cc[nH]c(=O)c3)c2cc1CCC#N. The van der Waals surface area contributed by atoms with Crippen LogP contribution in [0.4, 0.5) is 0 Å². The van der Waals surface area contributed by atoms with Crippen molar-refractivity contribution in [1.82, 2.24) is 19.9 Å². The zero-order valence-electron chi connectivity index (χ0n) is 16.2. The Kier molecular flexibility index (Phi) is 5.21. The second-order valence-electron chi connectivity index (χ2n) is 7.15. The number of aryl methyl sites for hydroxylation is 4. The summed E-state index contributed by atoms with van der Waals surface area (Å²) < 4.78 is 0. The molecule has 29 heavy (non-hydrogen) atoms. The Hall–Kier alpha value is -3.72. The summed E-state index contributed by atoms with van der Waals surface area (Å²) in [7, 11) is 0. The van der Waals surface area contributed by atoms with Crippen molar-refractivity contribution in [3.8, 4) is 17.5 Å². The molecule has 144 valence electrons. The molecular formula is C23H21N5O. The average Bonchev–Trinajstić information content (AvgIpc) is 3.25. The fourth-order valence-corrected chi connectivity index (χ4v) is 3.62. The van der Waals surface area contributed by atoms with Gasteiger partial charge in [0, 0.05) is 24.1 Å². The average molecular weight is 383 g/mol. The van der Waals surface area contributed by atoms with E-state index in [1.807, 2.05) is 6.07 Å². The second-order valence-corrected chi connectivity index (χ2v) is 7.15. The molecule has 0 bridgehead atoms. The lowest BCUT2D eigenvalue weighted by Gasteiger charge is -2.13. The Morgan fingerprint density at radius 2 is 1.97 bits per heavy atom. The molecule has 0 saturated heterocycles. The number of rotatable bonds is 6. The van der Waals surface area contributed by atoms with Crippen LogP contribution in [0.15, 0.2) is 53.8 Å². The summed E-state index contributed by atoms with van der Waals surface area (Å²) in [5.41, 5.74) is 7.04. The van der Waals surface area contributed by atoms with Gasteiger partial charge in [-0.2, -0.15) is 5.26 Å². The van der Waals surface area contributed by atoms with E-state index >= 15 is 0 Å². The van der Waals surface area contributed by atoms with E-state index in [2.05, 4.69) is 46.1 Å². The first-order valence-corrected chi connectivity index (χ1v) is 9.60.